The molecule has 203 valence electrons. The molecular weight excluding hydrogens is 514 g/mol. The van der Waals surface area contributed by atoms with Crippen LogP contribution in [0.4, 0.5) is 5.69 Å². The number of carbonyl (C=O) groups excluding carboxylic acids is 2. The van der Waals surface area contributed by atoms with E-state index in [1.165, 1.54) is 19.1 Å². The summed E-state index contributed by atoms with van der Waals surface area (Å²) in [6, 6.07) is 22.8. The van der Waals surface area contributed by atoms with Gasteiger partial charge in [-0.1, -0.05) is 54.6 Å². The number of nitrogens with one attached hydrogen (secondary N) is 1. The molecular formula is C30H32N3O5S. The summed E-state index contributed by atoms with van der Waals surface area (Å²) in [4.78, 5) is 27.5. The fraction of sp³-hybridized carbons (Fsp3) is 0.267. The van der Waals surface area contributed by atoms with Crippen molar-refractivity contribution in [3.8, 4) is 5.75 Å². The van der Waals surface area contributed by atoms with Gasteiger partial charge in [0.2, 0.25) is 11.8 Å². The van der Waals surface area contributed by atoms with Gasteiger partial charge in [0, 0.05) is 43.8 Å². The van der Waals surface area contributed by atoms with Gasteiger partial charge in [0.1, 0.15) is 5.75 Å². The van der Waals surface area contributed by atoms with Crippen molar-refractivity contribution in [2.75, 3.05) is 19.4 Å². The summed E-state index contributed by atoms with van der Waals surface area (Å²) in [7, 11) is -2.02. The molecule has 0 spiro atoms. The van der Waals surface area contributed by atoms with Gasteiger partial charge in [0.05, 0.1) is 29.5 Å². The van der Waals surface area contributed by atoms with Crippen LogP contribution >= 0.6 is 0 Å². The molecule has 0 fully saturated rings. The molecule has 1 radical (unpaired) electrons. The molecule has 3 aromatic rings. The van der Waals surface area contributed by atoms with Gasteiger partial charge in [-0.2, -0.15) is 0 Å². The molecule has 1 unspecified atom stereocenters. The monoisotopic (exact) mass is 546 g/mol. The first-order valence-corrected chi connectivity index (χ1v) is 14.4. The Morgan fingerprint density at radius 2 is 1.67 bits per heavy atom. The number of hydrogen-bond acceptors (Lipinski definition) is 5. The Morgan fingerprint density at radius 1 is 0.974 bits per heavy atom. The summed E-state index contributed by atoms with van der Waals surface area (Å²) in [6.45, 7) is 2.01. The largest absolute Gasteiger partial charge is 0.496 e. The van der Waals surface area contributed by atoms with Crippen LogP contribution in [0.15, 0.2) is 90.0 Å². The second-order valence-electron chi connectivity index (χ2n) is 9.36. The second-order valence-corrected chi connectivity index (χ2v) is 11.5. The summed E-state index contributed by atoms with van der Waals surface area (Å²) >= 11 is 0. The van der Waals surface area contributed by atoms with Crippen molar-refractivity contribution >= 4 is 32.9 Å². The molecule has 1 N–H and O–H groups in total. The number of fused-ring (bicyclic) bond motifs is 1. The number of hydrogen-bond donors (Lipinski definition) is 1. The van der Waals surface area contributed by atoms with Gasteiger partial charge in [0.25, 0.3) is 0 Å². The van der Waals surface area contributed by atoms with Crippen molar-refractivity contribution in [1.29, 1.82) is 0 Å². The highest BCUT2D eigenvalue weighted by molar-refractivity contribution is 7.91. The lowest BCUT2D eigenvalue weighted by Crippen LogP contribution is -2.45. The molecule has 4 rings (SSSR count). The predicted octanol–water partition coefficient (Wildman–Crippen LogP) is 4.07. The first kappa shape index (κ1) is 27.9. The van der Waals surface area contributed by atoms with E-state index in [0.29, 0.717) is 18.7 Å². The van der Waals surface area contributed by atoms with E-state index in [2.05, 4.69) is 10.6 Å². The molecule has 0 saturated carbocycles. The highest BCUT2D eigenvalue weighted by Gasteiger charge is 2.25. The van der Waals surface area contributed by atoms with Crippen molar-refractivity contribution < 1.29 is 22.7 Å². The standard InChI is InChI=1S/C30H32N3O5S/c1-22(34)33(20-23-10-6-9-15-29(23)38-2)21-25(18-24-19-31-28-14-8-7-13-27(24)28)32-30(35)16-17-39(36,37)26-11-4-3-5-12-26/h3-15,19,25H,16-18,20-21H2,1-2H3,(H,32,35). The van der Waals surface area contributed by atoms with E-state index in [1.54, 1.807) is 36.4 Å². The summed E-state index contributed by atoms with van der Waals surface area (Å²) in [5, 5.41) is 7.46. The van der Waals surface area contributed by atoms with Crippen molar-refractivity contribution in [3.05, 3.63) is 96.2 Å². The lowest BCUT2D eigenvalue weighted by molar-refractivity contribution is -0.130. The van der Waals surface area contributed by atoms with Crippen LogP contribution in [0, 0.1) is 0 Å². The van der Waals surface area contributed by atoms with Gasteiger partial charge in [-0.05, 0) is 36.3 Å². The smallest absolute Gasteiger partial charge is 0.221 e. The molecule has 39 heavy (non-hydrogen) atoms. The number of amides is 2. The molecule has 1 aliphatic heterocycles. The van der Waals surface area contributed by atoms with Crippen LogP contribution < -0.4 is 15.4 Å². The Bertz CT molecular complexity index is 1450. The number of rotatable bonds is 12. The van der Waals surface area contributed by atoms with E-state index in [0.717, 1.165) is 22.4 Å². The maximum atomic E-state index is 13.0. The Morgan fingerprint density at radius 3 is 2.41 bits per heavy atom. The van der Waals surface area contributed by atoms with E-state index >= 15 is 0 Å². The topological polar surface area (TPSA) is 107 Å². The molecule has 2 amide bonds. The number of methoxy groups -OCH3 is 1. The molecule has 0 aliphatic carbocycles. The second kappa shape index (κ2) is 12.6. The number of carbonyl (C=O) groups is 2. The summed E-state index contributed by atoms with van der Waals surface area (Å²) in [5.74, 6) is -0.197. The highest BCUT2D eigenvalue weighted by atomic mass is 32.2. The first-order valence-electron chi connectivity index (χ1n) is 12.7. The summed E-state index contributed by atoms with van der Waals surface area (Å²) in [6.07, 6.45) is 2.01. The van der Waals surface area contributed by atoms with Gasteiger partial charge >= 0.3 is 0 Å². The third-order valence-electron chi connectivity index (χ3n) is 6.58. The number of benzene rings is 3. The van der Waals surface area contributed by atoms with Crippen LogP contribution in [0.2, 0.25) is 0 Å². The van der Waals surface area contributed by atoms with Crippen LogP contribution in [0.1, 0.15) is 30.9 Å². The molecule has 1 aliphatic rings. The zero-order valence-electron chi connectivity index (χ0n) is 22.0. The Labute approximate surface area is 229 Å². The Balaban J connectivity index is 1.51. The molecule has 1 atom stereocenters. The zero-order chi connectivity index (χ0) is 27.8. The minimum atomic E-state index is -3.60. The number of nitrogens with zero attached hydrogens (tertiary/aromatic N) is 2. The van der Waals surface area contributed by atoms with Crippen molar-refractivity contribution in [2.24, 2.45) is 0 Å². The molecule has 0 saturated heterocycles. The van der Waals surface area contributed by atoms with Crippen LogP contribution in [0.3, 0.4) is 0 Å². The van der Waals surface area contributed by atoms with E-state index in [-0.39, 0.29) is 29.5 Å². The fourth-order valence-corrected chi connectivity index (χ4v) is 5.81. The molecule has 9 heteroatoms. The van der Waals surface area contributed by atoms with Crippen LogP contribution in [-0.4, -0.2) is 50.6 Å². The molecule has 0 aromatic heterocycles. The Kier molecular flexibility index (Phi) is 9.03. The van der Waals surface area contributed by atoms with E-state index in [1.807, 2.05) is 48.5 Å². The number of sulfone groups is 1. The number of ether oxygens (including phenoxy) is 1. The van der Waals surface area contributed by atoms with Crippen LogP contribution in [0.5, 0.6) is 5.75 Å². The molecule has 8 nitrogen and oxygen atoms in total. The zero-order valence-corrected chi connectivity index (χ0v) is 22.9. The van der Waals surface area contributed by atoms with Crippen molar-refractivity contribution in [2.45, 2.75) is 37.2 Å². The number of para-hydroxylation sites is 2. The van der Waals surface area contributed by atoms with Gasteiger partial charge in [-0.15, -0.1) is 0 Å². The van der Waals surface area contributed by atoms with Gasteiger partial charge in [-0.25, -0.2) is 8.42 Å². The maximum Gasteiger partial charge on any atom is 0.221 e. The van der Waals surface area contributed by atoms with Crippen LogP contribution in [0.25, 0.3) is 5.57 Å². The van der Waals surface area contributed by atoms with E-state index in [9.17, 15) is 18.0 Å². The minimum absolute atomic E-state index is 0.155. The third kappa shape index (κ3) is 7.26. The first-order chi connectivity index (χ1) is 18.8. The molecule has 0 bridgehead atoms. The van der Waals surface area contributed by atoms with Crippen molar-refractivity contribution in [1.82, 2.24) is 15.5 Å². The maximum absolute atomic E-state index is 13.0. The van der Waals surface area contributed by atoms with Gasteiger partial charge in [0.15, 0.2) is 9.84 Å². The van der Waals surface area contributed by atoms with Crippen molar-refractivity contribution in [3.63, 3.8) is 0 Å². The van der Waals surface area contributed by atoms with E-state index < -0.39 is 21.8 Å². The minimum Gasteiger partial charge on any atom is -0.496 e. The lowest BCUT2D eigenvalue weighted by Gasteiger charge is -2.28. The van der Waals surface area contributed by atoms with Crippen LogP contribution in [-0.2, 0) is 26.0 Å². The lowest BCUT2D eigenvalue weighted by atomic mass is 9.99. The van der Waals surface area contributed by atoms with E-state index in [4.69, 9.17) is 4.74 Å². The highest BCUT2D eigenvalue weighted by Crippen LogP contribution is 2.33. The average Bonchev–Trinajstić information content (AvgIpc) is 3.35. The normalized spacial score (nSPS) is 13.0. The SMILES string of the molecule is COc1ccccc1CN(CC(CC1=C[N]c2ccccc21)NC(=O)CCS(=O)(=O)c1ccccc1)C(C)=O. The van der Waals surface area contributed by atoms with Gasteiger partial charge < -0.3 is 15.0 Å². The fourth-order valence-electron chi connectivity index (χ4n) is 4.55. The summed E-state index contributed by atoms with van der Waals surface area (Å²) in [5.41, 5.74) is 3.61. The quantitative estimate of drug-likeness (QED) is 0.369. The Hall–Kier alpha value is -4.11. The molecule has 1 heterocycles. The molecule has 3 aromatic carbocycles. The third-order valence-corrected chi connectivity index (χ3v) is 8.31. The predicted molar refractivity (Wildman–Crippen MR) is 150 cm³/mol. The summed E-state index contributed by atoms with van der Waals surface area (Å²) < 4.78 is 30.9. The van der Waals surface area contributed by atoms with Gasteiger partial charge in [-0.3, -0.25) is 14.9 Å². The average molecular weight is 547 g/mol.